The topological polar surface area (TPSA) is 29.5 Å². The van der Waals surface area contributed by atoms with Crippen molar-refractivity contribution in [1.82, 2.24) is 0 Å². The van der Waals surface area contributed by atoms with Crippen LogP contribution in [0.3, 0.4) is 0 Å². The van der Waals surface area contributed by atoms with Crippen molar-refractivity contribution < 1.29 is 9.53 Å². The van der Waals surface area contributed by atoms with E-state index >= 15 is 0 Å². The molecule has 4 rings (SSSR count). The van der Waals surface area contributed by atoms with Gasteiger partial charge in [-0.3, -0.25) is 9.69 Å². The Morgan fingerprint density at radius 2 is 1.73 bits per heavy atom. The van der Waals surface area contributed by atoms with Crippen LogP contribution in [-0.2, 0) is 4.79 Å². The van der Waals surface area contributed by atoms with E-state index in [-0.39, 0.29) is 16.7 Å². The van der Waals surface area contributed by atoms with Crippen molar-refractivity contribution in [2.75, 3.05) is 4.90 Å². The van der Waals surface area contributed by atoms with Gasteiger partial charge in [-0.05, 0) is 38.1 Å². The number of β-lactam (4-membered cyclic amide) rings is 1. The van der Waals surface area contributed by atoms with Crippen molar-refractivity contribution in [1.29, 1.82) is 0 Å². The van der Waals surface area contributed by atoms with E-state index in [2.05, 4.69) is 19.9 Å². The lowest BCUT2D eigenvalue weighted by atomic mass is 9.86. The quantitative estimate of drug-likeness (QED) is 0.791. The molecule has 2 heterocycles. The van der Waals surface area contributed by atoms with Crippen LogP contribution < -0.4 is 9.64 Å². The van der Waals surface area contributed by atoms with Gasteiger partial charge in [-0.2, -0.15) is 0 Å². The fraction of sp³-hybridized carbons (Fsp3) is 0.278. The molecule has 2 aromatic carbocycles. The number of para-hydroxylation sites is 2. The first-order valence-corrected chi connectivity index (χ1v) is 8.22. The molecular formula is C18H17NO2S. The van der Waals surface area contributed by atoms with Gasteiger partial charge in [-0.1, -0.05) is 30.3 Å². The summed E-state index contributed by atoms with van der Waals surface area (Å²) in [6.45, 7) is 4.36. The van der Waals surface area contributed by atoms with E-state index in [1.54, 1.807) is 0 Å². The van der Waals surface area contributed by atoms with Crippen molar-refractivity contribution in [3.63, 3.8) is 0 Å². The van der Waals surface area contributed by atoms with E-state index in [0.717, 1.165) is 16.3 Å². The number of hydrogen-bond donors (Lipinski definition) is 0. The average molecular weight is 311 g/mol. The number of carbonyl (C=O) groups excluding carboxylic acids is 1. The molecule has 2 aromatic rings. The molecule has 0 saturated carbocycles. The molecule has 2 aliphatic heterocycles. The summed E-state index contributed by atoms with van der Waals surface area (Å²) < 4.78 is 5.90. The molecule has 112 valence electrons. The van der Waals surface area contributed by atoms with E-state index in [1.807, 2.05) is 65.2 Å². The summed E-state index contributed by atoms with van der Waals surface area (Å²) in [4.78, 5) is 15.7. The molecule has 0 bridgehead atoms. The van der Waals surface area contributed by atoms with Crippen molar-refractivity contribution in [3.8, 4) is 5.75 Å². The summed E-state index contributed by atoms with van der Waals surface area (Å²) in [7, 11) is 0. The Morgan fingerprint density at radius 1 is 1.05 bits per heavy atom. The largest absolute Gasteiger partial charge is 0.478 e. The van der Waals surface area contributed by atoms with Gasteiger partial charge >= 0.3 is 0 Å². The minimum atomic E-state index is -0.404. The Labute approximate surface area is 134 Å². The monoisotopic (exact) mass is 311 g/mol. The number of hydrogen-bond acceptors (Lipinski definition) is 3. The summed E-state index contributed by atoms with van der Waals surface area (Å²) in [6, 6.07) is 17.7. The first kappa shape index (κ1) is 13.7. The predicted octanol–water partition coefficient (Wildman–Crippen LogP) is 3.73. The summed E-state index contributed by atoms with van der Waals surface area (Å²) in [5.74, 6) is 0.801. The third-order valence-electron chi connectivity index (χ3n) is 4.26. The van der Waals surface area contributed by atoms with E-state index in [1.165, 1.54) is 0 Å². The molecule has 3 nitrogen and oxygen atoms in total. The lowest BCUT2D eigenvalue weighted by Gasteiger charge is -2.56. The Hall–Kier alpha value is -1.94. The first-order valence-electron chi connectivity index (χ1n) is 7.41. The number of thioether (sulfide) groups is 1. The molecule has 22 heavy (non-hydrogen) atoms. The molecule has 0 radical (unpaired) electrons. The van der Waals surface area contributed by atoms with Gasteiger partial charge in [0.05, 0.1) is 11.7 Å². The molecule has 2 aliphatic rings. The molecule has 0 spiro atoms. The SMILES string of the molecule is CC1(C)Sc2ccccc2N2C(=O)[C@@H](Oc3ccccc3)[C@@H]21. The minimum absolute atomic E-state index is 0.0506. The molecular weight excluding hydrogens is 294 g/mol. The van der Waals surface area contributed by atoms with E-state index in [0.29, 0.717) is 0 Å². The molecule has 0 aliphatic carbocycles. The van der Waals surface area contributed by atoms with Gasteiger partial charge in [-0.25, -0.2) is 0 Å². The number of amides is 1. The molecule has 1 saturated heterocycles. The van der Waals surface area contributed by atoms with Gasteiger partial charge in [-0.15, -0.1) is 11.8 Å². The van der Waals surface area contributed by atoms with E-state index < -0.39 is 6.10 Å². The van der Waals surface area contributed by atoms with Crippen molar-refractivity contribution in [2.45, 2.75) is 35.6 Å². The lowest BCUT2D eigenvalue weighted by Crippen LogP contribution is -2.74. The molecule has 4 heteroatoms. The minimum Gasteiger partial charge on any atom is -0.478 e. The fourth-order valence-corrected chi connectivity index (χ4v) is 4.59. The summed E-state index contributed by atoms with van der Waals surface area (Å²) in [6.07, 6.45) is -0.404. The Morgan fingerprint density at radius 3 is 2.50 bits per heavy atom. The van der Waals surface area contributed by atoms with Gasteiger partial charge in [0.1, 0.15) is 5.75 Å². The van der Waals surface area contributed by atoms with Gasteiger partial charge in [0.15, 0.2) is 6.10 Å². The third-order valence-corrected chi connectivity index (χ3v) is 5.59. The normalized spacial score (nSPS) is 25.0. The van der Waals surface area contributed by atoms with Crippen LogP contribution in [-0.4, -0.2) is 22.8 Å². The van der Waals surface area contributed by atoms with Crippen LogP contribution in [0.4, 0.5) is 5.69 Å². The zero-order valence-electron chi connectivity index (χ0n) is 12.5. The van der Waals surface area contributed by atoms with Crippen molar-refractivity contribution >= 4 is 23.4 Å². The highest BCUT2D eigenvalue weighted by Crippen LogP contribution is 2.53. The van der Waals surface area contributed by atoms with Crippen LogP contribution in [0.1, 0.15) is 13.8 Å². The van der Waals surface area contributed by atoms with Crippen LogP contribution >= 0.6 is 11.8 Å². The van der Waals surface area contributed by atoms with Crippen LogP contribution in [0.25, 0.3) is 0 Å². The number of rotatable bonds is 2. The smallest absolute Gasteiger partial charge is 0.270 e. The van der Waals surface area contributed by atoms with Gasteiger partial charge in [0.25, 0.3) is 5.91 Å². The van der Waals surface area contributed by atoms with Crippen LogP contribution in [0, 0.1) is 0 Å². The zero-order chi connectivity index (χ0) is 15.3. The predicted molar refractivity (Wildman–Crippen MR) is 88.5 cm³/mol. The second-order valence-electron chi connectivity index (χ2n) is 6.18. The molecule has 0 aromatic heterocycles. The van der Waals surface area contributed by atoms with Crippen LogP contribution in [0.2, 0.25) is 0 Å². The number of benzene rings is 2. The number of carbonyl (C=O) groups is 1. The average Bonchev–Trinajstić information content (AvgIpc) is 2.51. The standard InChI is InChI=1S/C18H17NO2S/c1-18(2)16-15(21-12-8-4-3-5-9-12)17(20)19(16)13-10-6-7-11-14(13)22-18/h3-11,15-16H,1-2H3/t15-,16+/m0/s1. The van der Waals surface area contributed by atoms with Gasteiger partial charge < -0.3 is 4.74 Å². The second-order valence-corrected chi connectivity index (χ2v) is 7.87. The second kappa shape index (κ2) is 4.78. The number of fused-ring (bicyclic) bond motifs is 3. The number of ether oxygens (including phenoxy) is 1. The fourth-order valence-electron chi connectivity index (χ4n) is 3.25. The zero-order valence-corrected chi connectivity index (χ0v) is 13.3. The maximum absolute atomic E-state index is 12.6. The Kier molecular flexibility index (Phi) is 2.98. The van der Waals surface area contributed by atoms with E-state index in [9.17, 15) is 4.79 Å². The van der Waals surface area contributed by atoms with Crippen molar-refractivity contribution in [3.05, 3.63) is 54.6 Å². The Balaban J connectivity index is 1.68. The molecule has 0 N–H and O–H groups in total. The number of anilines is 1. The summed E-state index contributed by atoms with van der Waals surface area (Å²) in [5, 5.41) is 0. The summed E-state index contributed by atoms with van der Waals surface area (Å²) >= 11 is 1.82. The van der Waals surface area contributed by atoms with Crippen LogP contribution in [0.15, 0.2) is 59.5 Å². The molecule has 0 unspecified atom stereocenters. The maximum atomic E-state index is 12.6. The first-order chi connectivity index (χ1) is 10.6. The van der Waals surface area contributed by atoms with Gasteiger partial charge in [0, 0.05) is 9.64 Å². The Bertz CT molecular complexity index is 729. The molecule has 1 amide bonds. The molecule has 1 fully saturated rings. The van der Waals surface area contributed by atoms with Crippen molar-refractivity contribution in [2.24, 2.45) is 0 Å². The third kappa shape index (κ3) is 1.94. The van der Waals surface area contributed by atoms with Crippen LogP contribution in [0.5, 0.6) is 5.75 Å². The maximum Gasteiger partial charge on any atom is 0.270 e. The van der Waals surface area contributed by atoms with Gasteiger partial charge in [0.2, 0.25) is 0 Å². The summed E-state index contributed by atoms with van der Waals surface area (Å²) in [5.41, 5.74) is 1.01. The highest BCUT2D eigenvalue weighted by Gasteiger charge is 2.59. The molecule has 2 atom stereocenters. The highest BCUT2D eigenvalue weighted by molar-refractivity contribution is 8.01. The number of nitrogens with zero attached hydrogens (tertiary/aromatic N) is 1. The lowest BCUT2D eigenvalue weighted by molar-refractivity contribution is -0.135. The van der Waals surface area contributed by atoms with E-state index in [4.69, 9.17) is 4.74 Å². The highest BCUT2D eigenvalue weighted by atomic mass is 32.2.